The average molecular weight is 430 g/mol. The highest BCUT2D eigenvalue weighted by molar-refractivity contribution is 6.30. The molecule has 1 aliphatic rings. The number of carbonyl (C=O) groups is 2. The number of nitrogens with zero attached hydrogens (tertiary/aromatic N) is 3. The minimum atomic E-state index is -4.95. The van der Waals surface area contributed by atoms with E-state index in [0.717, 1.165) is 0 Å². The van der Waals surface area contributed by atoms with E-state index in [1.54, 1.807) is 0 Å². The molecule has 3 rings (SSSR count). The van der Waals surface area contributed by atoms with Crippen LogP contribution in [0.15, 0.2) is 30.3 Å². The molecule has 2 amide bonds. The number of ether oxygens (including phenoxy) is 1. The van der Waals surface area contributed by atoms with Gasteiger partial charge < -0.3 is 15.8 Å². The summed E-state index contributed by atoms with van der Waals surface area (Å²) in [5.74, 6) is -7.69. The number of carbonyl (C=O) groups excluding carboxylic acids is 2. The molecule has 0 radical (unpaired) electrons. The molecule has 0 bridgehead atoms. The number of fused-ring (bicyclic) bond motifs is 1. The van der Waals surface area contributed by atoms with Crippen molar-refractivity contribution in [2.24, 2.45) is 0 Å². The fourth-order valence-corrected chi connectivity index (χ4v) is 2.89. The van der Waals surface area contributed by atoms with E-state index in [9.17, 15) is 9.59 Å². The van der Waals surface area contributed by atoms with Crippen LogP contribution in [-0.4, -0.2) is 59.5 Å². The maximum Gasteiger partial charge on any atom is 0.278 e. The van der Waals surface area contributed by atoms with E-state index in [0.29, 0.717) is 0 Å². The zero-order valence-corrected chi connectivity index (χ0v) is 15.7. The van der Waals surface area contributed by atoms with Gasteiger partial charge in [-0.15, -0.1) is 10.2 Å². The van der Waals surface area contributed by atoms with Crippen LogP contribution in [-0.2, 0) is 4.74 Å². The molecule has 3 N–H and O–H groups in total. The largest absolute Gasteiger partial charge is 0.383 e. The molecule has 1 aromatic heterocycles. The van der Waals surface area contributed by atoms with Gasteiger partial charge >= 0.3 is 0 Å². The highest BCUT2D eigenvalue weighted by Gasteiger charge is 2.42. The van der Waals surface area contributed by atoms with Crippen LogP contribution in [0.25, 0.3) is 0 Å². The van der Waals surface area contributed by atoms with E-state index in [4.69, 9.17) is 27.6 Å². The summed E-state index contributed by atoms with van der Waals surface area (Å²) in [5.41, 5.74) is 4.98. The second-order valence-corrected chi connectivity index (χ2v) is 6.33. The number of halogens is 3. The lowest BCUT2D eigenvalue weighted by atomic mass is 10.1. The Morgan fingerprint density at radius 2 is 1.93 bits per heavy atom. The molecule has 2 aromatic rings. The lowest BCUT2D eigenvalue weighted by Gasteiger charge is -2.26. The van der Waals surface area contributed by atoms with Crippen LogP contribution in [0.1, 0.15) is 37.8 Å². The van der Waals surface area contributed by atoms with Crippen LogP contribution in [0.5, 0.6) is 0 Å². The Kier molecular flexibility index (Phi) is 4.65. The first-order valence-corrected chi connectivity index (χ1v) is 8.55. The molecular formula is C18H18ClF2N5O3. The molecule has 154 valence electrons. The molecule has 1 atom stereocenters. The topological polar surface area (TPSA) is 110 Å². The molecule has 0 saturated heterocycles. The van der Waals surface area contributed by atoms with Crippen molar-refractivity contribution in [3.63, 3.8) is 0 Å². The number of nitrogens with one attached hydrogen (secondary N) is 1. The molecule has 0 spiro atoms. The number of nitrogens with two attached hydrogens (primary N) is 1. The molecule has 1 aromatic carbocycles. The normalized spacial score (nSPS) is 18.0. The minimum Gasteiger partial charge on any atom is -0.383 e. The minimum absolute atomic E-state index is 0.0352. The number of nitrogen functional groups attached to an aromatic ring is 1. The highest BCUT2D eigenvalue weighted by Crippen LogP contribution is 2.27. The summed E-state index contributed by atoms with van der Waals surface area (Å²) in [4.78, 5) is 24.9. The number of hydrogen-bond acceptors (Lipinski definition) is 7. The second kappa shape index (κ2) is 8.36. The molecular weight excluding hydrogens is 408 g/mol. The summed E-state index contributed by atoms with van der Waals surface area (Å²) >= 11 is 5.95. The van der Waals surface area contributed by atoms with Crippen molar-refractivity contribution in [3.05, 3.63) is 52.2 Å². The summed E-state index contributed by atoms with van der Waals surface area (Å²) in [6.07, 6.45) is 0. The van der Waals surface area contributed by atoms with Crippen LogP contribution < -0.4 is 11.1 Å². The van der Waals surface area contributed by atoms with Gasteiger partial charge in [-0.2, -0.15) is 0 Å². The number of anilines is 1. The van der Waals surface area contributed by atoms with Crippen LogP contribution in [0.4, 0.5) is 14.6 Å². The molecule has 0 aliphatic carbocycles. The van der Waals surface area contributed by atoms with Crippen molar-refractivity contribution in [3.8, 4) is 0 Å². The summed E-state index contributed by atoms with van der Waals surface area (Å²) in [7, 11) is 1.21. The Morgan fingerprint density at radius 1 is 1.31 bits per heavy atom. The Morgan fingerprint density at radius 3 is 2.52 bits per heavy atom. The molecule has 1 aliphatic heterocycles. The average Bonchev–Trinajstić information content (AvgIpc) is 3.00. The Labute approximate surface area is 175 Å². The van der Waals surface area contributed by atoms with Gasteiger partial charge in [0.05, 0.1) is 39.5 Å². The van der Waals surface area contributed by atoms with E-state index in [1.807, 2.05) is 5.32 Å². The summed E-state index contributed by atoms with van der Waals surface area (Å²) in [6, 6.07) is 4.94. The summed E-state index contributed by atoms with van der Waals surface area (Å²) < 4.78 is 67.6. The van der Waals surface area contributed by atoms with E-state index in [2.05, 4.69) is 10.2 Å². The summed E-state index contributed by atoms with van der Waals surface area (Å²) in [6.45, 7) is -8.28. The Balaban J connectivity index is 1.98. The molecule has 0 unspecified atom stereocenters. The van der Waals surface area contributed by atoms with Gasteiger partial charge in [0, 0.05) is 15.4 Å². The van der Waals surface area contributed by atoms with Gasteiger partial charge in [-0.1, -0.05) is 23.7 Å². The van der Waals surface area contributed by atoms with Crippen molar-refractivity contribution in [2.45, 2.75) is 12.0 Å². The molecule has 8 nitrogen and oxygen atoms in total. The fourth-order valence-electron chi connectivity index (χ4n) is 2.66. The van der Waals surface area contributed by atoms with Gasteiger partial charge in [-0.25, -0.2) is 8.78 Å². The zero-order valence-electron chi connectivity index (χ0n) is 18.9. The third kappa shape index (κ3) is 4.50. The number of methoxy groups -OCH3 is 1. The van der Waals surface area contributed by atoms with Gasteiger partial charge in [0.1, 0.15) is 5.82 Å². The maximum atomic E-state index is 15.4. The lowest BCUT2D eigenvalue weighted by Crippen LogP contribution is -2.46. The quantitative estimate of drug-likeness (QED) is 0.617. The smallest absolute Gasteiger partial charge is 0.278 e. The van der Waals surface area contributed by atoms with E-state index >= 15 is 8.78 Å². The van der Waals surface area contributed by atoms with E-state index in [-0.39, 0.29) is 32.6 Å². The third-order valence-corrected chi connectivity index (χ3v) is 4.25. The molecule has 29 heavy (non-hydrogen) atoms. The number of aromatic nitrogens is 2. The number of rotatable bonds is 8. The third-order valence-electron chi connectivity index (χ3n) is 3.95. The fraction of sp³-hybridized carbons (Fsp3) is 0.333. The number of alkyl halides is 2. The van der Waals surface area contributed by atoms with Crippen molar-refractivity contribution in [1.29, 1.82) is 0 Å². The van der Waals surface area contributed by atoms with Crippen LogP contribution in [0.2, 0.25) is 5.15 Å². The number of imide groups is 1. The predicted molar refractivity (Wildman–Crippen MR) is 101 cm³/mol. The van der Waals surface area contributed by atoms with Crippen molar-refractivity contribution >= 4 is 29.2 Å². The second-order valence-electron chi connectivity index (χ2n) is 5.97. The Bertz CT molecular complexity index is 1070. The SMILES string of the molecule is [2H]C([2H])(N[C@H](COC)c1cc(N)nnc1Cl)C(F)(F)C([2H])([2H])N1C(=O)c2ccccc2C1=O. The van der Waals surface area contributed by atoms with Crippen molar-refractivity contribution in [2.75, 3.05) is 32.4 Å². The molecule has 2 heterocycles. The molecule has 0 fully saturated rings. The van der Waals surface area contributed by atoms with Gasteiger partial charge in [-0.05, 0) is 18.2 Å². The summed E-state index contributed by atoms with van der Waals surface area (Å²) in [5, 5.41) is 8.72. The predicted octanol–water partition coefficient (Wildman–Crippen LogP) is 1.92. The number of amides is 2. The first-order chi connectivity index (χ1) is 15.3. The van der Waals surface area contributed by atoms with Crippen LogP contribution >= 0.6 is 11.6 Å². The van der Waals surface area contributed by atoms with Gasteiger partial charge in [0.25, 0.3) is 17.7 Å². The van der Waals surface area contributed by atoms with Crippen LogP contribution in [0.3, 0.4) is 0 Å². The maximum absolute atomic E-state index is 15.4. The van der Waals surface area contributed by atoms with Crippen LogP contribution in [0, 0.1) is 0 Å². The van der Waals surface area contributed by atoms with E-state index in [1.165, 1.54) is 37.4 Å². The van der Waals surface area contributed by atoms with Gasteiger partial charge in [-0.3, -0.25) is 14.5 Å². The number of hydrogen-bond donors (Lipinski definition) is 2. The standard InChI is InChI=1S/C18H18ClF2N5O3/c1-29-7-13(12-6-14(22)24-25-15(12)19)23-8-18(20,21)9-26-16(27)10-4-2-3-5-11(10)17(26)28/h2-6,13,23H,7-9H2,1H3,(H2,22,24)/t13-/m1/s1/i8D2,9D2. The van der Waals surface area contributed by atoms with Gasteiger partial charge in [0.2, 0.25) is 0 Å². The number of benzene rings is 1. The van der Waals surface area contributed by atoms with Crippen molar-refractivity contribution in [1.82, 2.24) is 20.4 Å². The first-order valence-electron chi connectivity index (χ1n) is 10.2. The van der Waals surface area contributed by atoms with E-state index < -0.39 is 43.4 Å². The zero-order chi connectivity index (χ0) is 24.8. The first kappa shape index (κ1) is 16.1. The monoisotopic (exact) mass is 429 g/mol. The highest BCUT2D eigenvalue weighted by atomic mass is 35.5. The van der Waals surface area contributed by atoms with Gasteiger partial charge in [0.15, 0.2) is 5.15 Å². The molecule has 11 heteroatoms. The van der Waals surface area contributed by atoms with Crippen molar-refractivity contribution < 1.29 is 28.6 Å². The Hall–Kier alpha value is -2.69. The molecule has 0 saturated carbocycles. The lowest BCUT2D eigenvalue weighted by molar-refractivity contribution is -0.0247.